The molecule has 1 N–H and O–H groups in total. The number of aromatic nitrogens is 2. The lowest BCUT2D eigenvalue weighted by atomic mass is 10.0. The molecule has 116 valence electrons. The van der Waals surface area contributed by atoms with Gasteiger partial charge in [0.25, 0.3) is 0 Å². The van der Waals surface area contributed by atoms with Gasteiger partial charge in [0.1, 0.15) is 18.2 Å². The first-order valence-corrected chi connectivity index (χ1v) is 7.07. The number of rotatable bonds is 6. The SMILES string of the molecule is CCN(C)C(C(=O)Nc1cc(OC)ncn1)c1ccccc1. The van der Waals surface area contributed by atoms with E-state index in [1.807, 2.05) is 49.2 Å². The van der Waals surface area contributed by atoms with Gasteiger partial charge >= 0.3 is 0 Å². The Labute approximate surface area is 130 Å². The third-order valence-electron chi connectivity index (χ3n) is 3.41. The fourth-order valence-electron chi connectivity index (χ4n) is 2.14. The minimum absolute atomic E-state index is 0.142. The summed E-state index contributed by atoms with van der Waals surface area (Å²) in [5.41, 5.74) is 0.936. The van der Waals surface area contributed by atoms with Gasteiger partial charge in [-0.2, -0.15) is 0 Å². The average Bonchev–Trinajstić information content (AvgIpc) is 2.56. The number of methoxy groups -OCH3 is 1. The third-order valence-corrected chi connectivity index (χ3v) is 3.41. The van der Waals surface area contributed by atoms with Gasteiger partial charge < -0.3 is 10.1 Å². The van der Waals surface area contributed by atoms with Crippen LogP contribution in [0, 0.1) is 0 Å². The summed E-state index contributed by atoms with van der Waals surface area (Å²) in [5, 5.41) is 2.82. The Morgan fingerprint density at radius 1 is 1.32 bits per heavy atom. The van der Waals surface area contributed by atoms with Crippen molar-refractivity contribution in [2.45, 2.75) is 13.0 Å². The number of nitrogens with one attached hydrogen (secondary N) is 1. The zero-order valence-corrected chi connectivity index (χ0v) is 13.0. The summed E-state index contributed by atoms with van der Waals surface area (Å²) in [6, 6.07) is 10.9. The van der Waals surface area contributed by atoms with Crippen LogP contribution in [0.2, 0.25) is 0 Å². The van der Waals surface area contributed by atoms with Crippen molar-refractivity contribution < 1.29 is 9.53 Å². The smallest absolute Gasteiger partial charge is 0.247 e. The summed E-state index contributed by atoms with van der Waals surface area (Å²) in [5.74, 6) is 0.684. The van der Waals surface area contributed by atoms with Crippen molar-refractivity contribution in [3.05, 3.63) is 48.3 Å². The molecule has 0 radical (unpaired) electrons. The Morgan fingerprint density at radius 3 is 2.68 bits per heavy atom. The molecular weight excluding hydrogens is 280 g/mol. The van der Waals surface area contributed by atoms with Crippen molar-refractivity contribution >= 4 is 11.7 Å². The highest BCUT2D eigenvalue weighted by molar-refractivity contribution is 5.94. The second-order valence-electron chi connectivity index (χ2n) is 4.82. The van der Waals surface area contributed by atoms with Crippen molar-refractivity contribution in [2.24, 2.45) is 0 Å². The van der Waals surface area contributed by atoms with Gasteiger partial charge in [-0.1, -0.05) is 37.3 Å². The molecule has 0 aliphatic heterocycles. The Balaban J connectivity index is 2.22. The first-order valence-electron chi connectivity index (χ1n) is 7.07. The molecule has 6 nitrogen and oxygen atoms in total. The van der Waals surface area contributed by atoms with E-state index in [1.54, 1.807) is 6.07 Å². The molecule has 1 aromatic heterocycles. The number of carbonyl (C=O) groups is 1. The van der Waals surface area contributed by atoms with E-state index in [4.69, 9.17) is 4.74 Å². The number of nitrogens with zero attached hydrogens (tertiary/aromatic N) is 3. The van der Waals surface area contributed by atoms with Gasteiger partial charge in [-0.15, -0.1) is 0 Å². The van der Waals surface area contributed by atoms with Crippen LogP contribution in [-0.2, 0) is 4.79 Å². The maximum Gasteiger partial charge on any atom is 0.247 e. The van der Waals surface area contributed by atoms with E-state index in [0.717, 1.165) is 12.1 Å². The predicted octanol–water partition coefficient (Wildman–Crippen LogP) is 2.12. The van der Waals surface area contributed by atoms with Gasteiger partial charge in [0, 0.05) is 6.07 Å². The van der Waals surface area contributed by atoms with Crippen LogP contribution in [0.1, 0.15) is 18.5 Å². The van der Waals surface area contributed by atoms with Crippen molar-refractivity contribution in [2.75, 3.05) is 26.0 Å². The van der Waals surface area contributed by atoms with E-state index < -0.39 is 0 Å². The summed E-state index contributed by atoms with van der Waals surface area (Å²) < 4.78 is 5.04. The number of benzene rings is 1. The number of hydrogen-bond acceptors (Lipinski definition) is 5. The molecule has 6 heteroatoms. The topological polar surface area (TPSA) is 67.4 Å². The highest BCUT2D eigenvalue weighted by atomic mass is 16.5. The number of hydrogen-bond donors (Lipinski definition) is 1. The summed E-state index contributed by atoms with van der Waals surface area (Å²) in [4.78, 5) is 22.6. The number of likely N-dealkylation sites (N-methyl/N-ethyl adjacent to an activating group) is 1. The Kier molecular flexibility index (Phi) is 5.43. The standard InChI is InChI=1S/C16H20N4O2/c1-4-20(2)15(12-8-6-5-7-9-12)16(21)19-13-10-14(22-3)18-11-17-13/h5-11,15H,4H2,1-3H3,(H,17,18,19,21). The average molecular weight is 300 g/mol. The molecule has 2 aromatic rings. The van der Waals surface area contributed by atoms with Crippen LogP contribution < -0.4 is 10.1 Å². The number of carbonyl (C=O) groups excluding carboxylic acids is 1. The van der Waals surface area contributed by atoms with Crippen molar-refractivity contribution in [1.82, 2.24) is 14.9 Å². The van der Waals surface area contributed by atoms with Crippen LogP contribution in [0.4, 0.5) is 5.82 Å². The van der Waals surface area contributed by atoms with E-state index >= 15 is 0 Å². The number of amides is 1. The lowest BCUT2D eigenvalue weighted by molar-refractivity contribution is -0.121. The highest BCUT2D eigenvalue weighted by Crippen LogP contribution is 2.21. The molecule has 0 aliphatic carbocycles. The fraction of sp³-hybridized carbons (Fsp3) is 0.312. The lowest BCUT2D eigenvalue weighted by Gasteiger charge is -2.26. The van der Waals surface area contributed by atoms with Crippen LogP contribution in [0.3, 0.4) is 0 Å². The molecule has 2 rings (SSSR count). The molecule has 0 aliphatic rings. The van der Waals surface area contributed by atoms with Crippen molar-refractivity contribution in [3.8, 4) is 5.88 Å². The molecular formula is C16H20N4O2. The van der Waals surface area contributed by atoms with E-state index in [1.165, 1.54) is 13.4 Å². The second kappa shape index (κ2) is 7.51. The molecule has 0 saturated carbocycles. The van der Waals surface area contributed by atoms with E-state index in [0.29, 0.717) is 11.7 Å². The second-order valence-corrected chi connectivity index (χ2v) is 4.82. The quantitative estimate of drug-likeness (QED) is 0.885. The summed E-state index contributed by atoms with van der Waals surface area (Å²) in [6.07, 6.45) is 1.36. The molecule has 1 aromatic carbocycles. The molecule has 1 unspecified atom stereocenters. The number of anilines is 1. The molecule has 0 bridgehead atoms. The summed E-state index contributed by atoms with van der Waals surface area (Å²) >= 11 is 0. The highest BCUT2D eigenvalue weighted by Gasteiger charge is 2.24. The maximum absolute atomic E-state index is 12.7. The van der Waals surface area contributed by atoms with Crippen LogP contribution in [0.5, 0.6) is 5.88 Å². The molecule has 0 fully saturated rings. The van der Waals surface area contributed by atoms with Crippen LogP contribution in [-0.4, -0.2) is 41.5 Å². The van der Waals surface area contributed by atoms with E-state index in [2.05, 4.69) is 15.3 Å². The molecule has 0 spiro atoms. The molecule has 1 atom stereocenters. The first-order chi connectivity index (χ1) is 10.7. The van der Waals surface area contributed by atoms with Gasteiger partial charge in [0.2, 0.25) is 11.8 Å². The van der Waals surface area contributed by atoms with Crippen LogP contribution in [0.25, 0.3) is 0 Å². The molecule has 0 saturated heterocycles. The Morgan fingerprint density at radius 2 is 2.05 bits per heavy atom. The van der Waals surface area contributed by atoms with E-state index in [9.17, 15) is 4.79 Å². The van der Waals surface area contributed by atoms with Gasteiger partial charge in [-0.05, 0) is 19.2 Å². The third kappa shape index (κ3) is 3.79. The zero-order valence-electron chi connectivity index (χ0n) is 13.0. The zero-order chi connectivity index (χ0) is 15.9. The van der Waals surface area contributed by atoms with E-state index in [-0.39, 0.29) is 11.9 Å². The van der Waals surface area contributed by atoms with Gasteiger partial charge in [-0.25, -0.2) is 9.97 Å². The van der Waals surface area contributed by atoms with Crippen LogP contribution in [0.15, 0.2) is 42.7 Å². The fourth-order valence-corrected chi connectivity index (χ4v) is 2.14. The largest absolute Gasteiger partial charge is 0.481 e. The summed E-state index contributed by atoms with van der Waals surface area (Å²) in [7, 11) is 3.43. The molecule has 1 amide bonds. The summed E-state index contributed by atoms with van der Waals surface area (Å²) in [6.45, 7) is 2.76. The monoisotopic (exact) mass is 300 g/mol. The van der Waals surface area contributed by atoms with Gasteiger partial charge in [-0.3, -0.25) is 9.69 Å². The lowest BCUT2D eigenvalue weighted by Crippen LogP contribution is -2.34. The Bertz CT molecular complexity index is 619. The molecule has 1 heterocycles. The molecule has 22 heavy (non-hydrogen) atoms. The van der Waals surface area contributed by atoms with Gasteiger partial charge in [0.15, 0.2) is 0 Å². The normalized spacial score (nSPS) is 12.0. The Hall–Kier alpha value is -2.47. The minimum Gasteiger partial charge on any atom is -0.481 e. The predicted molar refractivity (Wildman–Crippen MR) is 84.7 cm³/mol. The maximum atomic E-state index is 12.7. The van der Waals surface area contributed by atoms with Crippen LogP contribution >= 0.6 is 0 Å². The minimum atomic E-state index is -0.382. The van der Waals surface area contributed by atoms with Crippen molar-refractivity contribution in [3.63, 3.8) is 0 Å². The van der Waals surface area contributed by atoms with Crippen molar-refractivity contribution in [1.29, 1.82) is 0 Å². The number of ether oxygens (including phenoxy) is 1. The first kappa shape index (κ1) is 15.9. The van der Waals surface area contributed by atoms with Gasteiger partial charge in [0.05, 0.1) is 7.11 Å².